The smallest absolute Gasteiger partial charge is 0.246 e. The molecule has 0 aromatic heterocycles. The monoisotopic (exact) mass is 606 g/mol. The maximum absolute atomic E-state index is 12.1. The van der Waals surface area contributed by atoms with Crippen molar-refractivity contribution in [2.75, 3.05) is 13.1 Å². The van der Waals surface area contributed by atoms with Crippen LogP contribution < -0.4 is 0 Å². The topological polar surface area (TPSA) is 40.6 Å². The second kappa shape index (κ2) is 14.3. The van der Waals surface area contributed by atoms with E-state index in [2.05, 4.69) is 25.3 Å². The van der Waals surface area contributed by atoms with Crippen molar-refractivity contribution in [3.8, 4) is 0 Å². The first-order valence-corrected chi connectivity index (χ1v) is 16.5. The van der Waals surface area contributed by atoms with Crippen molar-refractivity contribution in [3.05, 3.63) is 94.0 Å². The lowest BCUT2D eigenvalue weighted by atomic mass is 9.74. The van der Waals surface area contributed by atoms with Crippen molar-refractivity contribution in [1.29, 1.82) is 0 Å². The van der Waals surface area contributed by atoms with E-state index in [-0.39, 0.29) is 11.8 Å². The Balaban J connectivity index is 0.000000168. The Morgan fingerprint density at radius 2 is 1.02 bits per heavy atom. The summed E-state index contributed by atoms with van der Waals surface area (Å²) in [7, 11) is 0. The summed E-state index contributed by atoms with van der Waals surface area (Å²) >= 11 is 12.3. The molecule has 6 rings (SSSR count). The summed E-state index contributed by atoms with van der Waals surface area (Å²) in [5.41, 5.74) is 5.22. The van der Waals surface area contributed by atoms with E-state index in [1.165, 1.54) is 98.6 Å². The molecule has 2 aliphatic heterocycles. The highest BCUT2D eigenvalue weighted by molar-refractivity contribution is 6.31. The summed E-state index contributed by atoms with van der Waals surface area (Å²) in [5.74, 6) is 2.35. The van der Waals surface area contributed by atoms with E-state index in [1.807, 2.05) is 34.1 Å². The van der Waals surface area contributed by atoms with Gasteiger partial charge in [0, 0.05) is 48.1 Å². The summed E-state index contributed by atoms with van der Waals surface area (Å²) in [6.07, 6.45) is 16.0. The fourth-order valence-electron chi connectivity index (χ4n) is 7.83. The number of benzene rings is 2. The molecule has 224 valence electrons. The molecule has 0 spiro atoms. The predicted molar refractivity (Wildman–Crippen MR) is 173 cm³/mol. The fraction of sp³-hybridized carbons (Fsp3) is 0.500. The summed E-state index contributed by atoms with van der Waals surface area (Å²) in [6.45, 7) is 10.2. The summed E-state index contributed by atoms with van der Waals surface area (Å²) < 4.78 is 0. The van der Waals surface area contributed by atoms with Crippen molar-refractivity contribution >= 4 is 35.0 Å². The maximum atomic E-state index is 12.1. The molecule has 0 N–H and O–H groups in total. The first-order chi connectivity index (χ1) is 20.4. The van der Waals surface area contributed by atoms with E-state index >= 15 is 0 Å². The zero-order valence-corrected chi connectivity index (χ0v) is 26.2. The average Bonchev–Trinajstić information content (AvgIpc) is 3.03. The molecule has 0 radical (unpaired) electrons. The van der Waals surface area contributed by atoms with Crippen LogP contribution in [0.3, 0.4) is 0 Å². The van der Waals surface area contributed by atoms with Gasteiger partial charge in [0.25, 0.3) is 0 Å². The molecule has 2 aliphatic carbocycles. The van der Waals surface area contributed by atoms with Crippen molar-refractivity contribution in [2.24, 2.45) is 11.8 Å². The van der Waals surface area contributed by atoms with Crippen LogP contribution in [0.15, 0.2) is 61.7 Å². The maximum Gasteiger partial charge on any atom is 0.246 e. The van der Waals surface area contributed by atoms with Gasteiger partial charge in [-0.1, -0.05) is 87.0 Å². The van der Waals surface area contributed by atoms with E-state index < -0.39 is 0 Å². The van der Waals surface area contributed by atoms with Crippen LogP contribution in [0.5, 0.6) is 0 Å². The number of nitrogens with zero attached hydrogens (tertiary/aromatic N) is 2. The number of hydrogen-bond acceptors (Lipinski definition) is 2. The third-order valence-corrected chi connectivity index (χ3v) is 10.4. The molecule has 2 aromatic carbocycles. The standard InChI is InChI=1S/2C18H22ClNO/c2*1-2-18(21)20-11-14-10-15(19)8-9-16(14)17(12-20)13-6-4-3-5-7-13/h2*2,8-10,13,17H,1,3-7,11-12H2/t2*17-/m10/s1. The minimum Gasteiger partial charge on any atom is -0.334 e. The molecule has 2 saturated carbocycles. The number of halogens is 2. The van der Waals surface area contributed by atoms with Gasteiger partial charge in [0.2, 0.25) is 11.8 Å². The number of hydrogen-bond donors (Lipinski definition) is 0. The molecule has 2 aromatic rings. The van der Waals surface area contributed by atoms with E-state index in [1.54, 1.807) is 0 Å². The van der Waals surface area contributed by atoms with Gasteiger partial charge in [0.15, 0.2) is 0 Å². The SMILES string of the molecule is C=CC(=O)N1Cc2cc(Cl)ccc2[C@@H](C2CCCCC2)C1.C=CC(=O)N1Cc2cc(Cl)ccc2[C@H](C2CCCCC2)C1. The lowest BCUT2D eigenvalue weighted by Crippen LogP contribution is -2.40. The first kappa shape index (κ1) is 30.9. The van der Waals surface area contributed by atoms with E-state index in [9.17, 15) is 9.59 Å². The normalized spacial score (nSPS) is 22.7. The van der Waals surface area contributed by atoms with Crippen LogP contribution in [0.2, 0.25) is 10.0 Å². The van der Waals surface area contributed by atoms with Crippen LogP contribution in [0.4, 0.5) is 0 Å². The first-order valence-electron chi connectivity index (χ1n) is 15.8. The molecule has 6 heteroatoms. The molecule has 4 aliphatic rings. The Kier molecular flexibility index (Phi) is 10.5. The van der Waals surface area contributed by atoms with Crippen LogP contribution >= 0.6 is 23.2 Å². The highest BCUT2D eigenvalue weighted by Gasteiger charge is 2.34. The Bertz CT molecular complexity index is 1200. The Morgan fingerprint density at radius 1 is 0.643 bits per heavy atom. The number of carbonyl (C=O) groups is 2. The Morgan fingerprint density at radius 3 is 1.38 bits per heavy atom. The van der Waals surface area contributed by atoms with E-state index in [4.69, 9.17) is 23.2 Å². The minimum atomic E-state index is 0.0291. The van der Waals surface area contributed by atoms with Gasteiger partial charge < -0.3 is 9.80 Å². The molecule has 2 amide bonds. The zero-order valence-electron chi connectivity index (χ0n) is 24.7. The zero-order chi connectivity index (χ0) is 29.6. The summed E-state index contributed by atoms with van der Waals surface area (Å²) in [6, 6.07) is 12.4. The van der Waals surface area contributed by atoms with E-state index in [0.29, 0.717) is 36.8 Å². The van der Waals surface area contributed by atoms with Gasteiger partial charge in [0.05, 0.1) is 0 Å². The number of rotatable bonds is 4. The Hall–Kier alpha value is -2.56. The van der Waals surface area contributed by atoms with Gasteiger partial charge in [-0.05, 0) is 96.2 Å². The highest BCUT2D eigenvalue weighted by atomic mass is 35.5. The number of fused-ring (bicyclic) bond motifs is 2. The minimum absolute atomic E-state index is 0.0291. The van der Waals surface area contributed by atoms with Gasteiger partial charge in [-0.15, -0.1) is 0 Å². The van der Waals surface area contributed by atoms with Crippen molar-refractivity contribution in [1.82, 2.24) is 9.80 Å². The Labute approximate surface area is 261 Å². The molecule has 2 fully saturated rings. The van der Waals surface area contributed by atoms with Crippen LogP contribution in [0, 0.1) is 11.8 Å². The quantitative estimate of drug-likeness (QED) is 0.326. The molecular weight excluding hydrogens is 563 g/mol. The number of carbonyl (C=O) groups excluding carboxylic acids is 2. The van der Waals surface area contributed by atoms with Crippen LogP contribution in [-0.4, -0.2) is 34.7 Å². The molecule has 4 nitrogen and oxygen atoms in total. The van der Waals surface area contributed by atoms with Crippen LogP contribution in [0.25, 0.3) is 0 Å². The third-order valence-electron chi connectivity index (χ3n) is 9.98. The van der Waals surface area contributed by atoms with Crippen molar-refractivity contribution in [3.63, 3.8) is 0 Å². The second-order valence-electron chi connectivity index (χ2n) is 12.5. The van der Waals surface area contributed by atoms with Crippen molar-refractivity contribution < 1.29 is 9.59 Å². The highest BCUT2D eigenvalue weighted by Crippen LogP contribution is 2.42. The molecule has 0 unspecified atom stereocenters. The molecule has 42 heavy (non-hydrogen) atoms. The van der Waals surface area contributed by atoms with Gasteiger partial charge >= 0.3 is 0 Å². The third kappa shape index (κ3) is 7.14. The van der Waals surface area contributed by atoms with Crippen LogP contribution in [-0.2, 0) is 22.7 Å². The summed E-state index contributed by atoms with van der Waals surface area (Å²) in [5, 5.41) is 1.51. The predicted octanol–water partition coefficient (Wildman–Crippen LogP) is 9.06. The molecule has 0 bridgehead atoms. The molecular formula is C36H44Cl2N2O2. The largest absolute Gasteiger partial charge is 0.334 e. The lowest BCUT2D eigenvalue weighted by Gasteiger charge is -2.39. The average molecular weight is 608 g/mol. The van der Waals surface area contributed by atoms with Crippen molar-refractivity contribution in [2.45, 2.75) is 89.1 Å². The molecule has 2 atom stereocenters. The molecule has 0 saturated heterocycles. The van der Waals surface area contributed by atoms with E-state index in [0.717, 1.165) is 23.1 Å². The van der Waals surface area contributed by atoms with Gasteiger partial charge in [-0.3, -0.25) is 9.59 Å². The van der Waals surface area contributed by atoms with Gasteiger partial charge in [-0.2, -0.15) is 0 Å². The lowest BCUT2D eigenvalue weighted by molar-refractivity contribution is -0.128. The second-order valence-corrected chi connectivity index (χ2v) is 13.4. The molecule has 2 heterocycles. The van der Waals surface area contributed by atoms with Gasteiger partial charge in [0.1, 0.15) is 0 Å². The van der Waals surface area contributed by atoms with Crippen LogP contribution in [0.1, 0.15) is 98.3 Å². The number of amides is 2. The van der Waals surface area contributed by atoms with Gasteiger partial charge in [-0.25, -0.2) is 0 Å². The summed E-state index contributed by atoms with van der Waals surface area (Å²) in [4.78, 5) is 28.0. The fourth-order valence-corrected chi connectivity index (χ4v) is 8.22.